The molecule has 0 spiro atoms. The first-order valence-electron chi connectivity index (χ1n) is 17.8. The minimum absolute atomic E-state index is 0.129. The summed E-state index contributed by atoms with van der Waals surface area (Å²) >= 11 is 0. The van der Waals surface area contributed by atoms with E-state index >= 15 is 0 Å². The van der Waals surface area contributed by atoms with Gasteiger partial charge in [-0.1, -0.05) is 99.0 Å². The van der Waals surface area contributed by atoms with Crippen molar-refractivity contribution in [1.29, 1.82) is 0 Å². The van der Waals surface area contributed by atoms with Crippen LogP contribution in [0.4, 0.5) is 18.0 Å². The van der Waals surface area contributed by atoms with E-state index in [0.717, 1.165) is 27.4 Å². The number of sulfone groups is 1. The summed E-state index contributed by atoms with van der Waals surface area (Å²) in [4.78, 5) is 24.2. The molecular formula is C40H35F3N4O9S4. The van der Waals surface area contributed by atoms with Crippen LogP contribution in [0, 0.1) is 13.8 Å². The molecule has 0 radical (unpaired) electrons. The second-order valence-electron chi connectivity index (χ2n) is 12.9. The molecule has 4 aromatic carbocycles. The van der Waals surface area contributed by atoms with Crippen molar-refractivity contribution in [3.63, 3.8) is 0 Å². The van der Waals surface area contributed by atoms with E-state index in [4.69, 9.17) is 14.0 Å². The molecule has 0 aliphatic carbocycles. The average molecular weight is 901 g/mol. The molecule has 0 atom stereocenters. The number of nitrogens with zero attached hydrogens (tertiary/aromatic N) is 3. The van der Waals surface area contributed by atoms with E-state index in [1.54, 1.807) is 43.3 Å². The van der Waals surface area contributed by atoms with Crippen LogP contribution in [-0.4, -0.2) is 74.3 Å². The molecule has 2 heterocycles. The number of aryl methyl sites for hydroxylation is 2. The highest BCUT2D eigenvalue weighted by atomic mass is 33.1. The maximum Gasteiger partial charge on any atom is 0.435 e. The minimum atomic E-state index is -4.71. The lowest BCUT2D eigenvalue weighted by molar-refractivity contribution is -0.141. The first-order valence-corrected chi connectivity index (χ1v) is 23.4. The highest BCUT2D eigenvalue weighted by molar-refractivity contribution is 8.76. The Labute approximate surface area is 351 Å². The molecule has 0 aliphatic rings. The molecule has 0 bridgehead atoms. The summed E-state index contributed by atoms with van der Waals surface area (Å²) in [5.74, 6) is -0.855. The van der Waals surface area contributed by atoms with Gasteiger partial charge in [-0.25, -0.2) is 31.0 Å². The van der Waals surface area contributed by atoms with Crippen LogP contribution in [0.25, 0.3) is 39.3 Å². The third-order valence-corrected chi connectivity index (χ3v) is 13.9. The molecule has 13 nitrogen and oxygen atoms in total. The lowest BCUT2D eigenvalue weighted by Crippen LogP contribution is -2.31. The summed E-state index contributed by atoms with van der Waals surface area (Å²) in [6, 6.07) is 27.9. The lowest BCUT2D eigenvalue weighted by Gasteiger charge is -2.10. The molecule has 6 rings (SSSR count). The zero-order chi connectivity index (χ0) is 43.1. The minimum Gasteiger partial charge on any atom is -0.464 e. The van der Waals surface area contributed by atoms with Crippen LogP contribution in [0.1, 0.15) is 17.0 Å². The number of benzene rings is 4. The monoisotopic (exact) mass is 900 g/mol. The molecule has 0 saturated carbocycles. The molecule has 0 fully saturated rings. The third-order valence-electron chi connectivity index (χ3n) is 8.59. The Bertz CT molecular complexity index is 2670. The highest BCUT2D eigenvalue weighted by Gasteiger charge is 2.35. The summed E-state index contributed by atoms with van der Waals surface area (Å²) in [5, 5.41) is 7.86. The number of ether oxygens (including phenoxy) is 2. The van der Waals surface area contributed by atoms with E-state index < -0.39 is 49.5 Å². The normalized spacial score (nSPS) is 11.9. The number of hydrogen-bond donors (Lipinski definition) is 1. The quantitative estimate of drug-likeness (QED) is 0.0558. The second-order valence-corrected chi connectivity index (χ2v) is 19.3. The van der Waals surface area contributed by atoms with Crippen molar-refractivity contribution in [2.24, 2.45) is 0 Å². The van der Waals surface area contributed by atoms with Crippen LogP contribution in [0.2, 0.25) is 0 Å². The number of aromatic nitrogens is 3. The van der Waals surface area contributed by atoms with Crippen LogP contribution >= 0.6 is 21.6 Å². The van der Waals surface area contributed by atoms with E-state index in [0.29, 0.717) is 22.6 Å². The number of rotatable bonds is 16. The first-order chi connectivity index (χ1) is 28.5. The first kappa shape index (κ1) is 44.0. The Kier molecular flexibility index (Phi) is 13.8. The largest absolute Gasteiger partial charge is 0.464 e. The summed E-state index contributed by atoms with van der Waals surface area (Å²) in [6.07, 6.45) is -5.88. The van der Waals surface area contributed by atoms with Crippen LogP contribution in [-0.2, 0) is 40.3 Å². The van der Waals surface area contributed by atoms with Crippen LogP contribution in [0.5, 0.6) is 0 Å². The zero-order valence-electron chi connectivity index (χ0n) is 31.7. The van der Waals surface area contributed by atoms with Gasteiger partial charge >= 0.3 is 18.2 Å². The van der Waals surface area contributed by atoms with Gasteiger partial charge in [-0.3, -0.25) is 4.79 Å². The molecule has 0 aliphatic heterocycles. The summed E-state index contributed by atoms with van der Waals surface area (Å²) in [7, 11) is -5.92. The van der Waals surface area contributed by atoms with Gasteiger partial charge in [0.05, 0.1) is 26.7 Å². The molecule has 20 heteroatoms. The average Bonchev–Trinajstić information content (AvgIpc) is 3.84. The topological polar surface area (TPSA) is 177 Å². The van der Waals surface area contributed by atoms with E-state index in [-0.39, 0.29) is 45.9 Å². The SMILES string of the molecule is Cc1ccc(-c2cc(C(F)(F)F)nn2-c2ccc(S(=O)(=O)CC(=O)OCCSSCCOC(=O)NS(=O)(=O)c3ccc(-c4noc(C)c4-c4ccccc4)cc3)cc2)cc1. The van der Waals surface area contributed by atoms with E-state index in [2.05, 4.69) is 10.3 Å². The fourth-order valence-electron chi connectivity index (χ4n) is 5.70. The van der Waals surface area contributed by atoms with Crippen molar-refractivity contribution in [3.05, 3.63) is 126 Å². The standard InChI is InChI=1S/C40H35F3N4O9S4/c1-26-8-10-28(11-9-26)34-24-35(40(41,42)43)44-47(34)31-14-18-32(19-15-31)59(50,51)25-36(48)54-20-22-57-58-23-21-55-39(49)46-60(52,53)33-16-12-30(13-17-33)38-37(27(2)56-45-38)29-6-4-3-5-7-29/h3-19,24H,20-23,25H2,1-2H3,(H,46,49). The summed E-state index contributed by atoms with van der Waals surface area (Å²) < 4.78 is 111. The number of halogens is 3. The molecule has 6 aromatic rings. The number of sulfonamides is 1. The fourth-order valence-corrected chi connectivity index (χ4v) is 9.36. The zero-order valence-corrected chi connectivity index (χ0v) is 35.0. The van der Waals surface area contributed by atoms with E-state index in [1.165, 1.54) is 58.0 Å². The number of amides is 1. The number of nitrogens with one attached hydrogen (secondary N) is 1. The van der Waals surface area contributed by atoms with Crippen molar-refractivity contribution in [2.45, 2.75) is 29.8 Å². The molecule has 1 amide bonds. The molecule has 60 heavy (non-hydrogen) atoms. The fraction of sp³-hybridized carbons (Fsp3) is 0.200. The maximum atomic E-state index is 13.6. The van der Waals surface area contributed by atoms with Crippen molar-refractivity contribution < 1.29 is 53.6 Å². The molecule has 0 saturated heterocycles. The van der Waals surface area contributed by atoms with Crippen molar-refractivity contribution in [2.75, 3.05) is 30.5 Å². The Balaban J connectivity index is 0.906. The smallest absolute Gasteiger partial charge is 0.435 e. The van der Waals surface area contributed by atoms with Gasteiger partial charge in [-0.15, -0.1) is 0 Å². The molecular weight excluding hydrogens is 866 g/mol. The van der Waals surface area contributed by atoms with Gasteiger partial charge in [0.15, 0.2) is 21.3 Å². The highest BCUT2D eigenvalue weighted by Crippen LogP contribution is 2.35. The van der Waals surface area contributed by atoms with Gasteiger partial charge in [-0.2, -0.15) is 18.3 Å². The Morgan fingerprint density at radius 1 is 0.767 bits per heavy atom. The maximum absolute atomic E-state index is 13.6. The van der Waals surface area contributed by atoms with E-state index in [1.807, 2.05) is 42.0 Å². The second kappa shape index (κ2) is 18.8. The molecule has 0 unspecified atom stereocenters. The lowest BCUT2D eigenvalue weighted by atomic mass is 10.00. The molecule has 1 N–H and O–H groups in total. The molecule has 314 valence electrons. The Morgan fingerprint density at radius 3 is 2.00 bits per heavy atom. The molecule has 2 aromatic heterocycles. The van der Waals surface area contributed by atoms with Crippen molar-refractivity contribution in [1.82, 2.24) is 19.7 Å². The predicted molar refractivity (Wildman–Crippen MR) is 220 cm³/mol. The van der Waals surface area contributed by atoms with Crippen LogP contribution in [0.3, 0.4) is 0 Å². The summed E-state index contributed by atoms with van der Waals surface area (Å²) in [5.41, 5.74) is 3.40. The van der Waals surface area contributed by atoms with Crippen LogP contribution in [0.15, 0.2) is 124 Å². The van der Waals surface area contributed by atoms with Crippen LogP contribution < -0.4 is 4.72 Å². The van der Waals surface area contributed by atoms with Gasteiger partial charge in [-0.05, 0) is 61.9 Å². The van der Waals surface area contributed by atoms with Gasteiger partial charge < -0.3 is 14.0 Å². The summed E-state index contributed by atoms with van der Waals surface area (Å²) in [6.45, 7) is 3.35. The van der Waals surface area contributed by atoms with Crippen molar-refractivity contribution >= 4 is 53.5 Å². The number of esters is 1. The van der Waals surface area contributed by atoms with Gasteiger partial charge in [0.2, 0.25) is 0 Å². The van der Waals surface area contributed by atoms with Gasteiger partial charge in [0.1, 0.15) is 24.7 Å². The van der Waals surface area contributed by atoms with Gasteiger partial charge in [0, 0.05) is 22.6 Å². The van der Waals surface area contributed by atoms with Gasteiger partial charge in [0.25, 0.3) is 10.0 Å². The Morgan fingerprint density at radius 2 is 1.37 bits per heavy atom. The number of carbonyl (C=O) groups is 2. The predicted octanol–water partition coefficient (Wildman–Crippen LogP) is 8.31. The third kappa shape index (κ3) is 11.0. The van der Waals surface area contributed by atoms with E-state index in [9.17, 15) is 39.6 Å². The Hall–Kier alpha value is -5.57. The number of carbonyl (C=O) groups excluding carboxylic acids is 2. The number of alkyl halides is 3. The van der Waals surface area contributed by atoms with Crippen molar-refractivity contribution in [3.8, 4) is 39.3 Å². The number of hydrogen-bond acceptors (Lipinski definition) is 13.